The molecule has 6 nitrogen and oxygen atoms in total. The van der Waals surface area contributed by atoms with Crippen molar-refractivity contribution >= 4 is 17.9 Å². The van der Waals surface area contributed by atoms with E-state index >= 15 is 0 Å². The fourth-order valence-electron chi connectivity index (χ4n) is 2.07. The maximum absolute atomic E-state index is 11.4. The van der Waals surface area contributed by atoms with E-state index in [1.165, 1.54) is 13.3 Å². The van der Waals surface area contributed by atoms with Gasteiger partial charge < -0.3 is 21.0 Å². The van der Waals surface area contributed by atoms with Gasteiger partial charge in [0.1, 0.15) is 5.75 Å². The van der Waals surface area contributed by atoms with Crippen LogP contribution < -0.4 is 10.5 Å². The minimum absolute atomic E-state index is 0.0703. The van der Waals surface area contributed by atoms with Gasteiger partial charge in [0.15, 0.2) is 0 Å². The summed E-state index contributed by atoms with van der Waals surface area (Å²) >= 11 is 0. The number of nitrogens with zero attached hydrogens (tertiary/aromatic N) is 1. The third-order valence-electron chi connectivity index (χ3n) is 3.12. The van der Waals surface area contributed by atoms with Crippen molar-refractivity contribution in [3.63, 3.8) is 0 Å². The van der Waals surface area contributed by atoms with E-state index < -0.39 is 5.97 Å². The number of nitrogens with one attached hydrogen (secondary N) is 1. The number of benzene rings is 1. The number of ether oxygens (including phenoxy) is 1. The average molecular weight is 285 g/mol. The highest BCUT2D eigenvalue weighted by Gasteiger charge is 2.17. The summed E-state index contributed by atoms with van der Waals surface area (Å²) in [4.78, 5) is 15.4. The summed E-state index contributed by atoms with van der Waals surface area (Å²) in [5.74, 6) is -0.620. The van der Waals surface area contributed by atoms with Gasteiger partial charge in [0.25, 0.3) is 0 Å². The summed E-state index contributed by atoms with van der Waals surface area (Å²) in [6, 6.07) is 4.89. The number of carboxylic acid groups (broad SMARTS) is 1. The lowest BCUT2D eigenvalue weighted by molar-refractivity contribution is 0.0697. The zero-order chi connectivity index (χ0) is 15.6. The van der Waals surface area contributed by atoms with Crippen LogP contribution in [0.15, 0.2) is 24.4 Å². The summed E-state index contributed by atoms with van der Waals surface area (Å²) in [6.45, 7) is 1.77. The highest BCUT2D eigenvalue weighted by atomic mass is 16.5. The van der Waals surface area contributed by atoms with Crippen LogP contribution in [0.2, 0.25) is 0 Å². The first kappa shape index (κ1) is 14.5. The van der Waals surface area contributed by atoms with Crippen LogP contribution in [-0.4, -0.2) is 29.4 Å². The quantitative estimate of drug-likeness (QED) is 0.590. The lowest BCUT2D eigenvalue weighted by Gasteiger charge is -2.14. The number of rotatable bonds is 4. The first-order chi connectivity index (χ1) is 9.97. The van der Waals surface area contributed by atoms with Gasteiger partial charge in [0, 0.05) is 40.5 Å². The van der Waals surface area contributed by atoms with Crippen LogP contribution in [0.1, 0.15) is 21.6 Å². The molecular formula is C15H15N3O3. The van der Waals surface area contributed by atoms with Crippen molar-refractivity contribution in [2.45, 2.75) is 6.92 Å². The largest absolute Gasteiger partial charge is 0.496 e. The number of aromatic carboxylic acids is 1. The SMILES string of the molecule is COc1cc(C=N)c(N)cc1-c1cc(C)ncc1C(=O)O. The van der Waals surface area contributed by atoms with Gasteiger partial charge >= 0.3 is 5.97 Å². The first-order valence-corrected chi connectivity index (χ1v) is 6.16. The highest BCUT2D eigenvalue weighted by molar-refractivity contribution is 5.98. The van der Waals surface area contributed by atoms with Gasteiger partial charge in [-0.25, -0.2) is 4.79 Å². The molecule has 108 valence electrons. The molecule has 0 amide bonds. The minimum Gasteiger partial charge on any atom is -0.496 e. The number of hydrogen-bond donors (Lipinski definition) is 3. The molecule has 1 aromatic heterocycles. The van der Waals surface area contributed by atoms with E-state index in [0.717, 1.165) is 6.21 Å². The van der Waals surface area contributed by atoms with Crippen LogP contribution in [0.5, 0.6) is 5.75 Å². The molecular weight excluding hydrogens is 270 g/mol. The lowest BCUT2D eigenvalue weighted by Crippen LogP contribution is -2.04. The number of methoxy groups -OCH3 is 1. The van der Waals surface area contributed by atoms with Gasteiger partial charge in [-0.05, 0) is 25.1 Å². The molecule has 0 saturated heterocycles. The predicted octanol–water partition coefficient (Wildman–Crippen LogP) is 2.34. The summed E-state index contributed by atoms with van der Waals surface area (Å²) < 4.78 is 5.30. The number of nitrogen functional groups attached to an aromatic ring is 1. The Morgan fingerprint density at radius 3 is 2.67 bits per heavy atom. The van der Waals surface area contributed by atoms with E-state index in [0.29, 0.717) is 33.8 Å². The Hall–Kier alpha value is -2.89. The fraction of sp³-hybridized carbons (Fsp3) is 0.133. The highest BCUT2D eigenvalue weighted by Crippen LogP contribution is 2.35. The summed E-state index contributed by atoms with van der Waals surface area (Å²) in [5.41, 5.74) is 8.58. The summed E-state index contributed by atoms with van der Waals surface area (Å²) in [7, 11) is 1.48. The Kier molecular flexibility index (Phi) is 3.89. The molecule has 0 aliphatic carbocycles. The van der Waals surface area contributed by atoms with E-state index in [2.05, 4.69) is 4.98 Å². The molecule has 21 heavy (non-hydrogen) atoms. The van der Waals surface area contributed by atoms with Crippen LogP contribution in [-0.2, 0) is 0 Å². The molecule has 6 heteroatoms. The second kappa shape index (κ2) is 5.62. The van der Waals surface area contributed by atoms with Gasteiger partial charge in [-0.1, -0.05) is 0 Å². The molecule has 0 saturated carbocycles. The van der Waals surface area contributed by atoms with Gasteiger partial charge in [0.2, 0.25) is 0 Å². The van der Waals surface area contributed by atoms with Gasteiger partial charge in [-0.15, -0.1) is 0 Å². The number of pyridine rings is 1. The van der Waals surface area contributed by atoms with E-state index in [4.69, 9.17) is 15.9 Å². The normalized spacial score (nSPS) is 10.2. The van der Waals surface area contributed by atoms with Gasteiger partial charge in [0.05, 0.1) is 12.7 Å². The number of carboxylic acids is 1. The number of nitrogens with two attached hydrogens (primary N) is 1. The van der Waals surface area contributed by atoms with Crippen LogP contribution in [0.4, 0.5) is 5.69 Å². The second-order valence-corrected chi connectivity index (χ2v) is 4.50. The van der Waals surface area contributed by atoms with E-state index in [9.17, 15) is 9.90 Å². The van der Waals surface area contributed by atoms with Crippen molar-refractivity contribution in [3.05, 3.63) is 41.2 Å². The molecule has 1 heterocycles. The zero-order valence-electron chi connectivity index (χ0n) is 11.7. The van der Waals surface area contributed by atoms with Crippen LogP contribution >= 0.6 is 0 Å². The van der Waals surface area contributed by atoms with Crippen molar-refractivity contribution in [2.24, 2.45) is 0 Å². The minimum atomic E-state index is -1.07. The Bertz CT molecular complexity index is 726. The number of aromatic nitrogens is 1. The second-order valence-electron chi connectivity index (χ2n) is 4.50. The number of hydrogen-bond acceptors (Lipinski definition) is 5. The number of carbonyl (C=O) groups is 1. The van der Waals surface area contributed by atoms with Crippen molar-refractivity contribution in [3.8, 4) is 16.9 Å². The Morgan fingerprint density at radius 2 is 2.10 bits per heavy atom. The van der Waals surface area contributed by atoms with Crippen molar-refractivity contribution in [2.75, 3.05) is 12.8 Å². The standard InChI is InChI=1S/C15H15N3O3/c1-8-3-10(12(7-18-8)15(19)20)11-5-13(17)9(6-16)4-14(11)21-2/h3-7,16H,17H2,1-2H3,(H,19,20). The molecule has 0 bridgehead atoms. The van der Waals surface area contributed by atoms with E-state index in [1.807, 2.05) is 0 Å². The third-order valence-corrected chi connectivity index (χ3v) is 3.12. The molecule has 0 fully saturated rings. The molecule has 0 spiro atoms. The maximum atomic E-state index is 11.4. The van der Waals surface area contributed by atoms with E-state index in [-0.39, 0.29) is 5.56 Å². The van der Waals surface area contributed by atoms with Crippen molar-refractivity contribution in [1.29, 1.82) is 5.41 Å². The predicted molar refractivity (Wildman–Crippen MR) is 80.2 cm³/mol. The molecule has 0 unspecified atom stereocenters. The maximum Gasteiger partial charge on any atom is 0.337 e. The fourth-order valence-corrected chi connectivity index (χ4v) is 2.07. The number of aryl methyl sites for hydroxylation is 1. The molecule has 0 atom stereocenters. The molecule has 4 N–H and O–H groups in total. The molecule has 0 aliphatic rings. The molecule has 1 aromatic carbocycles. The Labute approximate surface area is 121 Å². The summed E-state index contributed by atoms with van der Waals surface area (Å²) in [5, 5.41) is 16.6. The average Bonchev–Trinajstić information content (AvgIpc) is 2.46. The Balaban J connectivity index is 2.77. The smallest absolute Gasteiger partial charge is 0.337 e. The van der Waals surface area contributed by atoms with Crippen molar-refractivity contribution in [1.82, 2.24) is 4.98 Å². The Morgan fingerprint density at radius 1 is 1.38 bits per heavy atom. The summed E-state index contributed by atoms with van der Waals surface area (Å²) in [6.07, 6.45) is 2.44. The topological polar surface area (TPSA) is 109 Å². The monoisotopic (exact) mass is 285 g/mol. The lowest BCUT2D eigenvalue weighted by atomic mass is 9.97. The molecule has 2 rings (SSSR count). The van der Waals surface area contributed by atoms with Crippen molar-refractivity contribution < 1.29 is 14.6 Å². The number of anilines is 1. The molecule has 0 aliphatic heterocycles. The van der Waals surface area contributed by atoms with Gasteiger partial charge in [-0.2, -0.15) is 0 Å². The molecule has 0 radical (unpaired) electrons. The zero-order valence-corrected chi connectivity index (χ0v) is 11.7. The van der Waals surface area contributed by atoms with Crippen LogP contribution in [0.3, 0.4) is 0 Å². The van der Waals surface area contributed by atoms with Gasteiger partial charge in [-0.3, -0.25) is 4.98 Å². The van der Waals surface area contributed by atoms with Crippen LogP contribution in [0.25, 0.3) is 11.1 Å². The first-order valence-electron chi connectivity index (χ1n) is 6.16. The van der Waals surface area contributed by atoms with Crippen LogP contribution in [0, 0.1) is 12.3 Å². The molecule has 2 aromatic rings. The third kappa shape index (κ3) is 2.69. The van der Waals surface area contributed by atoms with E-state index in [1.54, 1.807) is 25.1 Å².